The van der Waals surface area contributed by atoms with Gasteiger partial charge >= 0.3 is 8.97 Å². The summed E-state index contributed by atoms with van der Waals surface area (Å²) in [6.45, 7) is 16.4. The van der Waals surface area contributed by atoms with Gasteiger partial charge in [-0.1, -0.05) is 27.7 Å². The minimum Gasteiger partial charge on any atom is -0.361 e. The first-order valence-electron chi connectivity index (χ1n) is 6.65. The predicted molar refractivity (Wildman–Crippen MR) is 72.7 cm³/mol. The molecule has 0 aromatic heterocycles. The molecule has 4 nitrogen and oxygen atoms in total. The zero-order chi connectivity index (χ0) is 13.5. The largest absolute Gasteiger partial charge is 0.599 e. The van der Waals surface area contributed by atoms with E-state index in [9.17, 15) is 0 Å². The summed E-state index contributed by atoms with van der Waals surface area (Å²) >= 11 is 0. The van der Waals surface area contributed by atoms with E-state index in [1.54, 1.807) is 0 Å². The van der Waals surface area contributed by atoms with Crippen LogP contribution in [-0.2, 0) is 13.3 Å². The number of rotatable bonds is 9. The summed E-state index contributed by atoms with van der Waals surface area (Å²) in [6, 6.07) is 0.678. The fraction of sp³-hybridized carbons (Fsp3) is 1.00. The lowest BCUT2D eigenvalue weighted by Gasteiger charge is -2.42. The van der Waals surface area contributed by atoms with Gasteiger partial charge in [-0.3, -0.25) is 4.57 Å². The molecule has 17 heavy (non-hydrogen) atoms. The SMILES string of the molecule is CCO[Si](OCC)(OCC)N(C(C)C)C(C)C. The molecule has 0 radical (unpaired) electrons. The normalized spacial score (nSPS) is 13.1. The Bertz CT molecular complexity index is 175. The van der Waals surface area contributed by atoms with Gasteiger partial charge in [0.25, 0.3) is 0 Å². The fourth-order valence-electron chi connectivity index (χ4n) is 2.12. The molecule has 0 N–H and O–H groups in total. The average Bonchev–Trinajstić information content (AvgIpc) is 2.17. The van der Waals surface area contributed by atoms with Gasteiger partial charge in [0, 0.05) is 31.9 Å². The summed E-state index contributed by atoms with van der Waals surface area (Å²) in [4.78, 5) is 0. The molecule has 0 atom stereocenters. The summed E-state index contributed by atoms with van der Waals surface area (Å²) in [5.74, 6) is 0. The van der Waals surface area contributed by atoms with Gasteiger partial charge in [0.05, 0.1) is 0 Å². The highest BCUT2D eigenvalue weighted by Crippen LogP contribution is 2.22. The number of hydrogen-bond donors (Lipinski definition) is 0. The molecule has 0 aliphatic carbocycles. The lowest BCUT2D eigenvalue weighted by atomic mass is 10.3. The maximum atomic E-state index is 5.92. The van der Waals surface area contributed by atoms with E-state index >= 15 is 0 Å². The van der Waals surface area contributed by atoms with Gasteiger partial charge in [-0.15, -0.1) is 0 Å². The van der Waals surface area contributed by atoms with Crippen LogP contribution in [0.25, 0.3) is 0 Å². The Balaban J connectivity index is 5.17. The maximum Gasteiger partial charge on any atom is 0.599 e. The Morgan fingerprint density at radius 2 is 1.06 bits per heavy atom. The quantitative estimate of drug-likeness (QED) is 0.598. The second-order valence-corrected chi connectivity index (χ2v) is 6.85. The summed E-state index contributed by atoms with van der Waals surface area (Å²) in [5, 5.41) is 0. The molecule has 0 aliphatic rings. The van der Waals surface area contributed by atoms with Gasteiger partial charge in [-0.2, -0.15) is 0 Å². The van der Waals surface area contributed by atoms with Crippen LogP contribution in [0, 0.1) is 0 Å². The zero-order valence-corrected chi connectivity index (χ0v) is 13.4. The van der Waals surface area contributed by atoms with Crippen molar-refractivity contribution in [2.75, 3.05) is 19.8 Å². The third-order valence-electron chi connectivity index (χ3n) is 2.41. The van der Waals surface area contributed by atoms with Crippen molar-refractivity contribution in [1.29, 1.82) is 0 Å². The van der Waals surface area contributed by atoms with Crippen LogP contribution in [0.15, 0.2) is 0 Å². The molecular weight excluding hydrogens is 234 g/mol. The average molecular weight is 263 g/mol. The highest BCUT2D eigenvalue weighted by molar-refractivity contribution is 6.57. The first-order chi connectivity index (χ1) is 7.95. The maximum absolute atomic E-state index is 5.92. The standard InChI is InChI=1S/C12H29NO3Si/c1-8-14-17(15-9-2,16-10-3)13(11(4)5)12(6)7/h11-12H,8-10H2,1-7H3. The van der Waals surface area contributed by atoms with Gasteiger partial charge in [-0.25, -0.2) is 0 Å². The van der Waals surface area contributed by atoms with E-state index in [1.807, 2.05) is 20.8 Å². The van der Waals surface area contributed by atoms with Crippen LogP contribution in [0.4, 0.5) is 0 Å². The van der Waals surface area contributed by atoms with Crippen LogP contribution >= 0.6 is 0 Å². The molecule has 0 aliphatic heterocycles. The van der Waals surface area contributed by atoms with Crippen LogP contribution in [0.2, 0.25) is 0 Å². The van der Waals surface area contributed by atoms with Crippen molar-refractivity contribution in [3.63, 3.8) is 0 Å². The van der Waals surface area contributed by atoms with Crippen molar-refractivity contribution in [3.8, 4) is 0 Å². The first kappa shape index (κ1) is 17.1. The van der Waals surface area contributed by atoms with E-state index in [-0.39, 0.29) is 0 Å². The third-order valence-corrected chi connectivity index (χ3v) is 6.03. The molecule has 0 rings (SSSR count). The van der Waals surface area contributed by atoms with Crippen LogP contribution in [-0.4, -0.2) is 45.4 Å². The van der Waals surface area contributed by atoms with Gasteiger partial charge < -0.3 is 13.3 Å². The molecule has 0 amide bonds. The number of nitrogens with zero attached hydrogens (tertiary/aromatic N) is 1. The number of hydrogen-bond acceptors (Lipinski definition) is 4. The summed E-state index contributed by atoms with van der Waals surface area (Å²) in [7, 11) is -2.72. The molecular formula is C12H29NO3Si. The van der Waals surface area contributed by atoms with E-state index in [0.717, 1.165) is 0 Å². The summed E-state index contributed by atoms with van der Waals surface area (Å²) in [6.07, 6.45) is 0. The lowest BCUT2D eigenvalue weighted by molar-refractivity contribution is -0.00107. The Labute approximate surface area is 108 Å². The highest BCUT2D eigenvalue weighted by Gasteiger charge is 2.50. The van der Waals surface area contributed by atoms with Crippen molar-refractivity contribution < 1.29 is 13.3 Å². The van der Waals surface area contributed by atoms with Crippen molar-refractivity contribution in [1.82, 2.24) is 4.57 Å². The van der Waals surface area contributed by atoms with Gasteiger partial charge in [0.15, 0.2) is 0 Å². The third kappa shape index (κ3) is 4.67. The van der Waals surface area contributed by atoms with E-state index in [0.29, 0.717) is 31.9 Å². The Morgan fingerprint density at radius 3 is 1.24 bits per heavy atom. The minimum atomic E-state index is -2.72. The molecule has 104 valence electrons. The first-order valence-corrected chi connectivity index (χ1v) is 8.32. The lowest BCUT2D eigenvalue weighted by Crippen LogP contribution is -2.65. The van der Waals surface area contributed by atoms with Gasteiger partial charge in [0.1, 0.15) is 0 Å². The Morgan fingerprint density at radius 1 is 0.765 bits per heavy atom. The molecule has 0 fully saturated rings. The molecule has 0 aromatic carbocycles. The van der Waals surface area contributed by atoms with Gasteiger partial charge in [0.2, 0.25) is 0 Å². The molecule has 0 saturated carbocycles. The van der Waals surface area contributed by atoms with Crippen molar-refractivity contribution in [2.45, 2.75) is 60.5 Å². The summed E-state index contributed by atoms with van der Waals surface area (Å²) < 4.78 is 20.0. The van der Waals surface area contributed by atoms with Crippen LogP contribution < -0.4 is 0 Å². The van der Waals surface area contributed by atoms with Crippen molar-refractivity contribution in [3.05, 3.63) is 0 Å². The Hall–Kier alpha value is 0.0569. The van der Waals surface area contributed by atoms with E-state index in [2.05, 4.69) is 32.3 Å². The monoisotopic (exact) mass is 263 g/mol. The summed E-state index contributed by atoms with van der Waals surface area (Å²) in [5.41, 5.74) is 0. The Kier molecular flexibility index (Phi) is 8.24. The molecule has 0 aromatic rings. The van der Waals surface area contributed by atoms with E-state index in [1.165, 1.54) is 0 Å². The molecule has 0 bridgehead atoms. The van der Waals surface area contributed by atoms with Crippen molar-refractivity contribution in [2.24, 2.45) is 0 Å². The fourth-order valence-corrected chi connectivity index (χ4v) is 5.18. The molecule has 0 heterocycles. The second kappa shape index (κ2) is 8.21. The minimum absolute atomic E-state index is 0.339. The van der Waals surface area contributed by atoms with Gasteiger partial charge in [-0.05, 0) is 20.8 Å². The van der Waals surface area contributed by atoms with Crippen LogP contribution in [0.5, 0.6) is 0 Å². The van der Waals surface area contributed by atoms with E-state index < -0.39 is 8.97 Å². The molecule has 5 heteroatoms. The zero-order valence-electron chi connectivity index (χ0n) is 12.4. The highest BCUT2D eigenvalue weighted by atomic mass is 28.4. The van der Waals surface area contributed by atoms with Crippen LogP contribution in [0.1, 0.15) is 48.5 Å². The van der Waals surface area contributed by atoms with Crippen molar-refractivity contribution >= 4 is 8.97 Å². The molecule has 0 unspecified atom stereocenters. The second-order valence-electron chi connectivity index (χ2n) is 4.42. The molecule has 0 saturated heterocycles. The predicted octanol–water partition coefficient (Wildman–Crippen LogP) is 2.65. The molecule has 0 spiro atoms. The van der Waals surface area contributed by atoms with E-state index in [4.69, 9.17) is 13.3 Å². The topological polar surface area (TPSA) is 30.9 Å². The smallest absolute Gasteiger partial charge is 0.361 e. The van der Waals surface area contributed by atoms with Crippen LogP contribution in [0.3, 0.4) is 0 Å².